The fourth-order valence-electron chi connectivity index (χ4n) is 4.47. The summed E-state index contributed by atoms with van der Waals surface area (Å²) in [7, 11) is 0. The maximum absolute atomic E-state index is 13.2. The predicted octanol–water partition coefficient (Wildman–Crippen LogP) is 2.62. The van der Waals surface area contributed by atoms with Crippen LogP contribution >= 0.6 is 0 Å². The molecule has 1 saturated heterocycles. The Balaban J connectivity index is 1.40. The average Bonchev–Trinajstić information content (AvgIpc) is 3.15. The van der Waals surface area contributed by atoms with Crippen molar-refractivity contribution < 1.29 is 9.53 Å². The van der Waals surface area contributed by atoms with E-state index in [0.29, 0.717) is 44.6 Å². The molecule has 6 nitrogen and oxygen atoms in total. The van der Waals surface area contributed by atoms with Crippen LogP contribution in [0.4, 0.5) is 0 Å². The standard InChI is InChI=1S/C24H32N4O2/c1-2-13-28-22-11-10-20(25-12-6-9-19-7-4-3-5-8-19)18-21(22)23(26-28)24(29)27-14-16-30-17-15-27/h2-5,7-8,20,25H,1,6,9-18H2. The quantitative estimate of drug-likeness (QED) is 0.539. The van der Waals surface area contributed by atoms with Crippen molar-refractivity contribution in [3.8, 4) is 0 Å². The molecule has 1 unspecified atom stereocenters. The molecule has 160 valence electrons. The number of hydrogen-bond donors (Lipinski definition) is 1. The summed E-state index contributed by atoms with van der Waals surface area (Å²) in [4.78, 5) is 15.0. The van der Waals surface area contributed by atoms with Gasteiger partial charge in [0.05, 0.1) is 19.8 Å². The Bertz CT molecular complexity index is 856. The van der Waals surface area contributed by atoms with Crippen LogP contribution in [0.1, 0.15) is 40.2 Å². The third kappa shape index (κ3) is 4.82. The van der Waals surface area contributed by atoms with E-state index in [2.05, 4.69) is 42.2 Å². The number of morpholine rings is 1. The average molecular weight is 409 g/mol. The zero-order valence-corrected chi connectivity index (χ0v) is 17.7. The minimum absolute atomic E-state index is 0.0436. The van der Waals surface area contributed by atoms with Crippen molar-refractivity contribution in [3.05, 3.63) is 65.5 Å². The number of hydrogen-bond acceptors (Lipinski definition) is 4. The summed E-state index contributed by atoms with van der Waals surface area (Å²) in [5.41, 5.74) is 4.34. The Labute approximate surface area is 178 Å². The summed E-state index contributed by atoms with van der Waals surface area (Å²) in [5, 5.41) is 8.43. The van der Waals surface area contributed by atoms with Gasteiger partial charge in [0.25, 0.3) is 5.91 Å². The fraction of sp³-hybridized carbons (Fsp3) is 0.500. The van der Waals surface area contributed by atoms with Crippen molar-refractivity contribution >= 4 is 5.91 Å². The first-order valence-corrected chi connectivity index (χ1v) is 11.1. The van der Waals surface area contributed by atoms with Crippen molar-refractivity contribution in [3.63, 3.8) is 0 Å². The number of nitrogens with one attached hydrogen (secondary N) is 1. The molecular formula is C24H32N4O2. The summed E-state index contributed by atoms with van der Waals surface area (Å²) < 4.78 is 7.38. The van der Waals surface area contributed by atoms with E-state index in [4.69, 9.17) is 9.84 Å². The number of rotatable bonds is 8. The Hall–Kier alpha value is -2.44. The highest BCUT2D eigenvalue weighted by atomic mass is 16.5. The summed E-state index contributed by atoms with van der Waals surface area (Å²) in [6.45, 7) is 7.98. The molecule has 1 amide bonds. The van der Waals surface area contributed by atoms with E-state index in [1.54, 1.807) is 0 Å². The number of benzene rings is 1. The van der Waals surface area contributed by atoms with E-state index in [9.17, 15) is 4.79 Å². The van der Waals surface area contributed by atoms with E-state index >= 15 is 0 Å². The van der Waals surface area contributed by atoms with Crippen LogP contribution in [0.25, 0.3) is 0 Å². The van der Waals surface area contributed by atoms with E-state index in [1.165, 1.54) is 11.3 Å². The number of amides is 1. The number of nitrogens with zero attached hydrogens (tertiary/aromatic N) is 3. The van der Waals surface area contributed by atoms with Crippen LogP contribution in [0.15, 0.2) is 43.0 Å². The highest BCUT2D eigenvalue weighted by Gasteiger charge is 2.31. The van der Waals surface area contributed by atoms with Gasteiger partial charge in [0.2, 0.25) is 0 Å². The molecule has 2 heterocycles. The van der Waals surface area contributed by atoms with Gasteiger partial charge < -0.3 is 15.0 Å². The van der Waals surface area contributed by atoms with Gasteiger partial charge in [-0.3, -0.25) is 9.48 Å². The zero-order valence-electron chi connectivity index (χ0n) is 17.7. The zero-order chi connectivity index (χ0) is 20.8. The van der Waals surface area contributed by atoms with E-state index in [1.807, 2.05) is 15.7 Å². The first kappa shape index (κ1) is 20.8. The summed E-state index contributed by atoms with van der Waals surface area (Å²) >= 11 is 0. The molecule has 2 aliphatic rings. The summed E-state index contributed by atoms with van der Waals surface area (Å²) in [6.07, 6.45) is 6.94. The van der Waals surface area contributed by atoms with Crippen LogP contribution in [0.3, 0.4) is 0 Å². The molecule has 1 atom stereocenters. The van der Waals surface area contributed by atoms with Gasteiger partial charge in [-0.05, 0) is 44.2 Å². The number of carbonyl (C=O) groups excluding carboxylic acids is 1. The Morgan fingerprint density at radius 2 is 2.07 bits per heavy atom. The van der Waals surface area contributed by atoms with Gasteiger partial charge in [0, 0.05) is 30.4 Å². The van der Waals surface area contributed by atoms with E-state index in [-0.39, 0.29) is 5.91 Å². The van der Waals surface area contributed by atoms with Crippen LogP contribution < -0.4 is 5.32 Å². The minimum Gasteiger partial charge on any atom is -0.378 e. The van der Waals surface area contributed by atoms with Gasteiger partial charge in [-0.2, -0.15) is 5.10 Å². The molecule has 1 fully saturated rings. The molecule has 0 bridgehead atoms. The lowest BCUT2D eigenvalue weighted by Gasteiger charge is -2.28. The second kappa shape index (κ2) is 10.0. The topological polar surface area (TPSA) is 59.4 Å². The van der Waals surface area contributed by atoms with Crippen molar-refractivity contribution in [1.82, 2.24) is 20.0 Å². The normalized spacial score (nSPS) is 18.8. The number of aromatic nitrogens is 2. The van der Waals surface area contributed by atoms with E-state index in [0.717, 1.165) is 44.2 Å². The van der Waals surface area contributed by atoms with Crippen LogP contribution in [0.2, 0.25) is 0 Å². The third-order valence-corrected chi connectivity index (χ3v) is 6.07. The maximum Gasteiger partial charge on any atom is 0.274 e. The third-order valence-electron chi connectivity index (χ3n) is 6.07. The second-order valence-electron chi connectivity index (χ2n) is 8.13. The van der Waals surface area contributed by atoms with Gasteiger partial charge in [0.1, 0.15) is 0 Å². The number of aryl methyl sites for hydroxylation is 1. The Morgan fingerprint density at radius 3 is 2.83 bits per heavy atom. The SMILES string of the molecule is C=CCn1nc(C(=O)N2CCOCC2)c2c1CCC(NCCCc1ccccc1)C2. The Morgan fingerprint density at radius 1 is 1.27 bits per heavy atom. The molecular weight excluding hydrogens is 376 g/mol. The highest BCUT2D eigenvalue weighted by molar-refractivity contribution is 5.94. The first-order chi connectivity index (χ1) is 14.8. The van der Waals surface area contributed by atoms with Crippen molar-refractivity contribution in [2.75, 3.05) is 32.8 Å². The minimum atomic E-state index is 0.0436. The molecule has 0 radical (unpaired) electrons. The molecule has 1 aliphatic heterocycles. The van der Waals surface area contributed by atoms with Crippen LogP contribution in [-0.2, 0) is 30.5 Å². The van der Waals surface area contributed by atoms with Crippen molar-refractivity contribution in [1.29, 1.82) is 0 Å². The van der Waals surface area contributed by atoms with Gasteiger partial charge in [-0.25, -0.2) is 0 Å². The Kier molecular flexibility index (Phi) is 6.97. The monoisotopic (exact) mass is 408 g/mol. The van der Waals surface area contributed by atoms with Crippen LogP contribution in [0.5, 0.6) is 0 Å². The predicted molar refractivity (Wildman–Crippen MR) is 118 cm³/mol. The summed E-state index contributed by atoms with van der Waals surface area (Å²) in [5.74, 6) is 0.0436. The lowest BCUT2D eigenvalue weighted by molar-refractivity contribution is 0.0297. The smallest absolute Gasteiger partial charge is 0.274 e. The molecule has 0 spiro atoms. The molecule has 1 aromatic heterocycles. The molecule has 1 aliphatic carbocycles. The largest absolute Gasteiger partial charge is 0.378 e. The van der Waals surface area contributed by atoms with E-state index < -0.39 is 0 Å². The van der Waals surface area contributed by atoms with Gasteiger partial charge in [-0.1, -0.05) is 36.4 Å². The number of fused-ring (bicyclic) bond motifs is 1. The van der Waals surface area contributed by atoms with Crippen LogP contribution in [0, 0.1) is 0 Å². The van der Waals surface area contributed by atoms with Gasteiger partial charge in [0.15, 0.2) is 5.69 Å². The second-order valence-corrected chi connectivity index (χ2v) is 8.13. The lowest BCUT2D eigenvalue weighted by atomic mass is 9.91. The molecule has 6 heteroatoms. The van der Waals surface area contributed by atoms with Crippen molar-refractivity contribution in [2.24, 2.45) is 0 Å². The number of carbonyl (C=O) groups is 1. The molecule has 0 saturated carbocycles. The molecule has 30 heavy (non-hydrogen) atoms. The molecule has 4 rings (SSSR count). The summed E-state index contributed by atoms with van der Waals surface area (Å²) in [6, 6.07) is 11.0. The lowest BCUT2D eigenvalue weighted by Crippen LogP contribution is -2.42. The van der Waals surface area contributed by atoms with Gasteiger partial charge >= 0.3 is 0 Å². The first-order valence-electron chi connectivity index (χ1n) is 11.1. The molecule has 1 aromatic carbocycles. The number of ether oxygens (including phenoxy) is 1. The van der Waals surface area contributed by atoms with Crippen LogP contribution in [-0.4, -0.2) is 59.5 Å². The van der Waals surface area contributed by atoms with Gasteiger partial charge in [-0.15, -0.1) is 6.58 Å². The molecule has 2 aromatic rings. The highest BCUT2D eigenvalue weighted by Crippen LogP contribution is 2.26. The maximum atomic E-state index is 13.2. The van der Waals surface area contributed by atoms with Crippen molar-refractivity contribution in [2.45, 2.75) is 44.7 Å². The number of allylic oxidation sites excluding steroid dienone is 1. The fourth-order valence-corrected chi connectivity index (χ4v) is 4.47. The molecule has 1 N–H and O–H groups in total.